The summed E-state index contributed by atoms with van der Waals surface area (Å²) in [5.41, 5.74) is 0.653. The maximum atomic E-state index is 3.00. The van der Waals surface area contributed by atoms with E-state index in [4.69, 9.17) is 0 Å². The van der Waals surface area contributed by atoms with Crippen LogP contribution in [0, 0.1) is 11.3 Å². The molecule has 0 heterocycles. The average Bonchev–Trinajstić information content (AvgIpc) is 2.17. The molecular formula is C10H25N. The minimum absolute atomic E-state index is 0. The van der Waals surface area contributed by atoms with Crippen molar-refractivity contribution in [1.82, 2.24) is 6.15 Å². The number of hydrogen-bond donors (Lipinski definition) is 1. The van der Waals surface area contributed by atoms with Gasteiger partial charge in [0.05, 0.1) is 0 Å². The lowest BCUT2D eigenvalue weighted by molar-refractivity contribution is 0.281. The van der Waals surface area contributed by atoms with Crippen LogP contribution < -0.4 is 6.15 Å². The molecule has 0 aromatic carbocycles. The number of hydrogen-bond acceptors (Lipinski definition) is 1. The van der Waals surface area contributed by atoms with E-state index in [0.717, 1.165) is 5.92 Å². The minimum atomic E-state index is 0. The van der Waals surface area contributed by atoms with Crippen LogP contribution in [0.25, 0.3) is 0 Å². The van der Waals surface area contributed by atoms with Crippen LogP contribution in [-0.2, 0) is 0 Å². The largest absolute Gasteiger partial charge is 0.344 e. The van der Waals surface area contributed by atoms with Gasteiger partial charge in [-0.25, -0.2) is 0 Å². The van der Waals surface area contributed by atoms with Crippen LogP contribution in [0.2, 0.25) is 0 Å². The van der Waals surface area contributed by atoms with Gasteiger partial charge in [0.1, 0.15) is 0 Å². The Kier molecular flexibility index (Phi) is 6.49. The molecule has 3 N–H and O–H groups in total. The molecule has 0 unspecified atom stereocenters. The van der Waals surface area contributed by atoms with E-state index in [9.17, 15) is 0 Å². The van der Waals surface area contributed by atoms with Crippen molar-refractivity contribution in [3.05, 3.63) is 13.2 Å². The Morgan fingerprint density at radius 2 is 1.82 bits per heavy atom. The molecule has 1 heteroatoms. The molecule has 0 aromatic heterocycles. The van der Waals surface area contributed by atoms with Crippen molar-refractivity contribution < 1.29 is 1.43 Å². The summed E-state index contributed by atoms with van der Waals surface area (Å²) >= 11 is 0. The van der Waals surface area contributed by atoms with Gasteiger partial charge in [0.2, 0.25) is 0 Å². The zero-order valence-corrected chi connectivity index (χ0v) is 8.32. The lowest BCUT2D eigenvalue weighted by atomic mass is 9.83. The summed E-state index contributed by atoms with van der Waals surface area (Å²) in [6.45, 7) is 13.1. The summed E-state index contributed by atoms with van der Waals surface area (Å²) in [7, 11) is 0. The van der Waals surface area contributed by atoms with Crippen molar-refractivity contribution in [2.75, 3.05) is 0 Å². The third kappa shape index (κ3) is 3.57. The van der Waals surface area contributed by atoms with Crippen LogP contribution in [-0.4, -0.2) is 0 Å². The van der Waals surface area contributed by atoms with Crippen LogP contribution in [0.15, 0.2) is 13.2 Å². The molecule has 0 amide bonds. The van der Waals surface area contributed by atoms with Gasteiger partial charge in [-0.15, -0.1) is 13.2 Å². The minimum Gasteiger partial charge on any atom is -0.344 e. The molecule has 1 saturated carbocycles. The van der Waals surface area contributed by atoms with E-state index < -0.39 is 0 Å². The van der Waals surface area contributed by atoms with E-state index in [-0.39, 0.29) is 7.58 Å². The zero-order valence-electron chi connectivity index (χ0n) is 8.32. The van der Waals surface area contributed by atoms with Gasteiger partial charge in [0.15, 0.2) is 0 Å². The Hall–Kier alpha value is -0.300. The zero-order chi connectivity index (χ0) is 8.20. The highest BCUT2D eigenvalue weighted by Gasteiger charge is 2.30. The molecule has 1 rings (SSSR count). The topological polar surface area (TPSA) is 35.0 Å². The lowest BCUT2D eigenvalue weighted by Gasteiger charge is -2.22. The third-order valence-electron chi connectivity index (χ3n) is 2.79. The molecule has 1 aliphatic rings. The van der Waals surface area contributed by atoms with Gasteiger partial charge in [-0.1, -0.05) is 33.6 Å². The van der Waals surface area contributed by atoms with Crippen LogP contribution in [0.5, 0.6) is 0 Å². The Balaban J connectivity index is -0.000000189. The highest BCUT2D eigenvalue weighted by molar-refractivity contribution is 4.81. The molecule has 11 heavy (non-hydrogen) atoms. The molecule has 0 bridgehead atoms. The summed E-state index contributed by atoms with van der Waals surface area (Å²) in [5.74, 6) is 0.961. The summed E-state index contributed by atoms with van der Waals surface area (Å²) in [5, 5.41) is 0. The van der Waals surface area contributed by atoms with Crippen molar-refractivity contribution in [3.63, 3.8) is 0 Å². The molecule has 0 radical (unpaired) electrons. The Morgan fingerprint density at radius 3 is 1.91 bits per heavy atom. The Bertz CT molecular complexity index is 102. The SMILES string of the molecule is C=C.C[C@@H]1CCCC1(C)C.N.[HH]. The van der Waals surface area contributed by atoms with Gasteiger partial charge in [0.25, 0.3) is 0 Å². The molecule has 0 spiro atoms. The molecule has 0 aromatic rings. The standard InChI is InChI=1S/C8H16.C2H4.H3N.H2/c1-7-5-4-6-8(7,2)3;1-2;;/h7H,4-6H2,1-3H3;1-2H2;1H3;1H/t7-;;;/m1.../s1. The second-order valence-electron chi connectivity index (χ2n) is 3.78. The van der Waals surface area contributed by atoms with Crippen LogP contribution in [0.1, 0.15) is 41.5 Å². The first-order valence-corrected chi connectivity index (χ1v) is 4.13. The first kappa shape index (κ1) is 13.3. The summed E-state index contributed by atoms with van der Waals surface area (Å²) in [4.78, 5) is 0. The fourth-order valence-corrected chi connectivity index (χ4v) is 1.50. The van der Waals surface area contributed by atoms with Gasteiger partial charge in [-0.2, -0.15) is 0 Å². The van der Waals surface area contributed by atoms with E-state index >= 15 is 0 Å². The summed E-state index contributed by atoms with van der Waals surface area (Å²) in [6, 6.07) is 0. The van der Waals surface area contributed by atoms with E-state index in [0.29, 0.717) is 5.41 Å². The monoisotopic (exact) mass is 159 g/mol. The van der Waals surface area contributed by atoms with Crippen molar-refractivity contribution in [2.45, 2.75) is 40.0 Å². The first-order chi connectivity index (χ1) is 4.63. The predicted octanol–water partition coefficient (Wildman–Crippen LogP) is 4.04. The third-order valence-corrected chi connectivity index (χ3v) is 2.79. The normalized spacial score (nSPS) is 26.3. The summed E-state index contributed by atoms with van der Waals surface area (Å²) in [6.07, 6.45) is 4.34. The van der Waals surface area contributed by atoms with Crippen LogP contribution in [0.4, 0.5) is 0 Å². The highest BCUT2D eigenvalue weighted by Crippen LogP contribution is 2.41. The van der Waals surface area contributed by atoms with Gasteiger partial charge in [-0.05, 0) is 17.8 Å². The van der Waals surface area contributed by atoms with Crippen molar-refractivity contribution >= 4 is 0 Å². The maximum absolute atomic E-state index is 3.00. The molecule has 1 aliphatic carbocycles. The molecular weight excluding hydrogens is 134 g/mol. The second kappa shape index (κ2) is 5.36. The second-order valence-corrected chi connectivity index (χ2v) is 3.78. The molecule has 70 valence electrons. The summed E-state index contributed by atoms with van der Waals surface area (Å²) < 4.78 is 0. The fourth-order valence-electron chi connectivity index (χ4n) is 1.50. The van der Waals surface area contributed by atoms with Crippen molar-refractivity contribution in [1.29, 1.82) is 0 Å². The quantitative estimate of drug-likeness (QED) is 0.532. The van der Waals surface area contributed by atoms with E-state index in [1.807, 2.05) is 0 Å². The first-order valence-electron chi connectivity index (χ1n) is 4.13. The van der Waals surface area contributed by atoms with E-state index in [2.05, 4.69) is 33.9 Å². The molecule has 1 nitrogen and oxygen atoms in total. The smallest absolute Gasteiger partial charge is 0 e. The van der Waals surface area contributed by atoms with Gasteiger partial charge in [0, 0.05) is 1.43 Å². The Morgan fingerprint density at radius 1 is 1.36 bits per heavy atom. The predicted molar refractivity (Wildman–Crippen MR) is 55.2 cm³/mol. The molecule has 1 fully saturated rings. The molecule has 0 saturated heterocycles. The number of rotatable bonds is 0. The lowest BCUT2D eigenvalue weighted by Crippen LogP contribution is -2.13. The van der Waals surface area contributed by atoms with E-state index in [1.54, 1.807) is 0 Å². The van der Waals surface area contributed by atoms with Crippen molar-refractivity contribution in [3.8, 4) is 0 Å². The highest BCUT2D eigenvalue weighted by atomic mass is 14.4. The fraction of sp³-hybridized carbons (Fsp3) is 0.800. The molecule has 1 atom stereocenters. The van der Waals surface area contributed by atoms with Gasteiger partial charge >= 0.3 is 0 Å². The van der Waals surface area contributed by atoms with Crippen LogP contribution in [0.3, 0.4) is 0 Å². The van der Waals surface area contributed by atoms with Gasteiger partial charge < -0.3 is 6.15 Å². The van der Waals surface area contributed by atoms with Crippen molar-refractivity contribution in [2.24, 2.45) is 11.3 Å². The Labute approximate surface area is 73.0 Å². The molecule has 0 aliphatic heterocycles. The van der Waals surface area contributed by atoms with E-state index in [1.165, 1.54) is 19.3 Å². The average molecular weight is 159 g/mol. The van der Waals surface area contributed by atoms with Crippen LogP contribution >= 0.6 is 0 Å². The van der Waals surface area contributed by atoms with Gasteiger partial charge in [-0.3, -0.25) is 0 Å². The maximum Gasteiger partial charge on any atom is 0 e.